The van der Waals surface area contributed by atoms with Gasteiger partial charge in [0.15, 0.2) is 5.58 Å². The first-order valence-corrected chi connectivity index (χ1v) is 8.81. The van der Waals surface area contributed by atoms with Crippen LogP contribution in [-0.4, -0.2) is 21.4 Å². The van der Waals surface area contributed by atoms with Gasteiger partial charge in [-0.25, -0.2) is 9.59 Å². The van der Waals surface area contributed by atoms with Gasteiger partial charge in [0, 0.05) is 12.4 Å². The molecule has 7 heteroatoms. The second-order valence-electron chi connectivity index (χ2n) is 6.62. The molecule has 29 heavy (non-hydrogen) atoms. The van der Waals surface area contributed by atoms with Crippen molar-refractivity contribution in [2.75, 3.05) is 0 Å². The van der Waals surface area contributed by atoms with E-state index in [1.807, 2.05) is 12.1 Å². The lowest BCUT2D eigenvalue weighted by Gasteiger charge is -2.09. The van der Waals surface area contributed by atoms with Crippen LogP contribution in [0.5, 0.6) is 0 Å². The summed E-state index contributed by atoms with van der Waals surface area (Å²) in [7, 11) is 1.67. The van der Waals surface area contributed by atoms with Crippen molar-refractivity contribution >= 4 is 39.2 Å². The van der Waals surface area contributed by atoms with Gasteiger partial charge < -0.3 is 14.1 Å². The molecule has 2 heterocycles. The highest BCUT2D eigenvalue weighted by molar-refractivity contribution is 6.06. The molecule has 0 unspecified atom stereocenters. The van der Waals surface area contributed by atoms with Crippen molar-refractivity contribution in [1.82, 2.24) is 4.57 Å². The number of carboxylic acid groups (broad SMARTS) is 1. The summed E-state index contributed by atoms with van der Waals surface area (Å²) in [5.41, 5.74) is 1.20. The first-order valence-electron chi connectivity index (χ1n) is 8.81. The van der Waals surface area contributed by atoms with Crippen LogP contribution in [-0.2, 0) is 7.05 Å². The van der Waals surface area contributed by atoms with Gasteiger partial charge in [-0.15, -0.1) is 0 Å². The number of para-hydroxylation sites is 1. The molecule has 1 N–H and O–H groups in total. The van der Waals surface area contributed by atoms with Crippen molar-refractivity contribution in [3.63, 3.8) is 0 Å². The average Bonchev–Trinajstić information content (AvgIpc) is 2.72. The van der Waals surface area contributed by atoms with E-state index in [-0.39, 0.29) is 27.7 Å². The highest BCUT2D eigenvalue weighted by Gasteiger charge is 2.15. The fourth-order valence-electron chi connectivity index (χ4n) is 3.26. The summed E-state index contributed by atoms with van der Waals surface area (Å²) in [5.74, 6) is -1.03. The Hall–Kier alpha value is -4.00. The molecule has 0 saturated carbocycles. The third-order valence-electron chi connectivity index (χ3n) is 4.79. The van der Waals surface area contributed by atoms with Crippen molar-refractivity contribution in [3.05, 3.63) is 86.5 Å². The summed E-state index contributed by atoms with van der Waals surface area (Å²) in [6, 6.07) is 14.7. The maximum Gasteiger partial charge on any atom is 0.345 e. The lowest BCUT2D eigenvalue weighted by atomic mass is 10.1. The quantitative estimate of drug-likeness (QED) is 0.428. The fourth-order valence-corrected chi connectivity index (χ4v) is 3.26. The second-order valence-corrected chi connectivity index (χ2v) is 6.62. The Morgan fingerprint density at radius 3 is 2.41 bits per heavy atom. The van der Waals surface area contributed by atoms with Crippen LogP contribution in [0.3, 0.4) is 0 Å². The molecule has 0 fully saturated rings. The zero-order valence-corrected chi connectivity index (χ0v) is 15.7. The number of hydrogen-bond donors (Lipinski definition) is 1. The average molecular weight is 388 g/mol. The van der Waals surface area contributed by atoms with Crippen LogP contribution >= 0.6 is 0 Å². The molecule has 0 bridgehead atoms. The van der Waals surface area contributed by atoms with E-state index in [0.29, 0.717) is 22.3 Å². The Balaban J connectivity index is 1.90. The number of fused-ring (bicyclic) bond motifs is 3. The monoisotopic (exact) mass is 388 g/mol. The van der Waals surface area contributed by atoms with Crippen molar-refractivity contribution in [2.24, 2.45) is 12.0 Å². The number of nitrogens with zero attached hydrogens (tertiary/aromatic N) is 2. The van der Waals surface area contributed by atoms with Crippen LogP contribution < -0.4 is 11.2 Å². The molecular weight excluding hydrogens is 372 g/mol. The molecular formula is C22H16N2O5. The number of carbonyl (C=O) groups is 1. The van der Waals surface area contributed by atoms with E-state index in [4.69, 9.17) is 9.52 Å². The number of benzene rings is 2. The predicted octanol–water partition coefficient (Wildman–Crippen LogP) is 3.48. The Morgan fingerprint density at radius 1 is 1.03 bits per heavy atom. The largest absolute Gasteiger partial charge is 0.478 e. The standard InChI is InChI=1S/C22H16N2O5/c1-12(23-14-9-7-13(8-10-14)21(26)27)16-11-17-19(29-22(16)28)15-5-3-4-6-18(15)24(2)20(17)25/h3-11H,1-2H3,(H,26,27). The molecule has 0 radical (unpaired) electrons. The van der Waals surface area contributed by atoms with Gasteiger partial charge in [-0.1, -0.05) is 12.1 Å². The maximum absolute atomic E-state index is 12.8. The molecule has 0 atom stereocenters. The zero-order chi connectivity index (χ0) is 20.7. The van der Waals surface area contributed by atoms with Gasteiger partial charge in [0.2, 0.25) is 0 Å². The highest BCUT2D eigenvalue weighted by Crippen LogP contribution is 2.22. The van der Waals surface area contributed by atoms with Crippen LogP contribution in [0.2, 0.25) is 0 Å². The first-order chi connectivity index (χ1) is 13.9. The number of aromatic nitrogens is 1. The number of aromatic carboxylic acids is 1. The topological polar surface area (TPSA) is 102 Å². The Morgan fingerprint density at radius 2 is 1.72 bits per heavy atom. The van der Waals surface area contributed by atoms with E-state index in [2.05, 4.69) is 4.99 Å². The minimum absolute atomic E-state index is 0.141. The van der Waals surface area contributed by atoms with Crippen molar-refractivity contribution in [2.45, 2.75) is 6.92 Å². The van der Waals surface area contributed by atoms with Gasteiger partial charge in [0.1, 0.15) is 0 Å². The van der Waals surface area contributed by atoms with Gasteiger partial charge >= 0.3 is 11.6 Å². The van der Waals surface area contributed by atoms with Gasteiger partial charge in [-0.2, -0.15) is 0 Å². The van der Waals surface area contributed by atoms with E-state index >= 15 is 0 Å². The number of hydrogen-bond acceptors (Lipinski definition) is 5. The molecule has 0 saturated heterocycles. The Kier molecular flexibility index (Phi) is 4.35. The van der Waals surface area contributed by atoms with Crippen LogP contribution in [0.4, 0.5) is 5.69 Å². The normalized spacial score (nSPS) is 11.9. The molecule has 0 aliphatic rings. The third kappa shape index (κ3) is 3.12. The van der Waals surface area contributed by atoms with Gasteiger partial charge in [0.25, 0.3) is 5.56 Å². The van der Waals surface area contributed by atoms with Gasteiger partial charge in [0.05, 0.1) is 33.4 Å². The van der Waals surface area contributed by atoms with E-state index in [1.54, 1.807) is 38.2 Å². The van der Waals surface area contributed by atoms with Crippen LogP contribution in [0.1, 0.15) is 22.8 Å². The van der Waals surface area contributed by atoms with Crippen LogP contribution in [0.25, 0.3) is 21.9 Å². The lowest BCUT2D eigenvalue weighted by molar-refractivity contribution is 0.0697. The number of carboxylic acids is 1. The van der Waals surface area contributed by atoms with E-state index in [0.717, 1.165) is 0 Å². The van der Waals surface area contributed by atoms with Gasteiger partial charge in [-0.05, 0) is 49.4 Å². The fraction of sp³-hybridized carbons (Fsp3) is 0.0909. The molecule has 0 aliphatic heterocycles. The van der Waals surface area contributed by atoms with Crippen molar-refractivity contribution in [1.29, 1.82) is 0 Å². The van der Waals surface area contributed by atoms with E-state index < -0.39 is 11.6 Å². The van der Waals surface area contributed by atoms with Gasteiger partial charge in [-0.3, -0.25) is 9.79 Å². The second kappa shape index (κ2) is 6.87. The summed E-state index contributed by atoms with van der Waals surface area (Å²) < 4.78 is 7.04. The maximum atomic E-state index is 12.8. The zero-order valence-electron chi connectivity index (χ0n) is 15.7. The molecule has 4 aromatic rings. The molecule has 2 aromatic heterocycles. The Labute approximate surface area is 164 Å². The van der Waals surface area contributed by atoms with E-state index in [1.165, 1.54) is 22.8 Å². The minimum Gasteiger partial charge on any atom is -0.478 e. The van der Waals surface area contributed by atoms with E-state index in [9.17, 15) is 14.4 Å². The minimum atomic E-state index is -1.03. The summed E-state index contributed by atoms with van der Waals surface area (Å²) >= 11 is 0. The number of aliphatic imine (C=N–C) groups is 1. The predicted molar refractivity (Wildman–Crippen MR) is 111 cm³/mol. The Bertz CT molecular complexity index is 1430. The van der Waals surface area contributed by atoms with Crippen LogP contribution in [0.15, 0.2) is 73.6 Å². The smallest absolute Gasteiger partial charge is 0.345 e. The summed E-state index contributed by atoms with van der Waals surface area (Å²) in [5, 5.41) is 9.94. The molecule has 0 aliphatic carbocycles. The summed E-state index contributed by atoms with van der Waals surface area (Å²) in [4.78, 5) is 40.7. The molecule has 2 aromatic carbocycles. The summed E-state index contributed by atoms with van der Waals surface area (Å²) in [6.45, 7) is 1.63. The number of pyridine rings is 1. The van der Waals surface area contributed by atoms with Crippen molar-refractivity contribution < 1.29 is 14.3 Å². The highest BCUT2D eigenvalue weighted by atomic mass is 16.4. The number of rotatable bonds is 3. The lowest BCUT2D eigenvalue weighted by Crippen LogP contribution is -2.20. The van der Waals surface area contributed by atoms with Crippen LogP contribution in [0, 0.1) is 0 Å². The molecule has 4 rings (SSSR count). The van der Waals surface area contributed by atoms with Crippen molar-refractivity contribution in [3.8, 4) is 0 Å². The third-order valence-corrected chi connectivity index (χ3v) is 4.79. The SMILES string of the molecule is CC(=Nc1ccc(C(=O)O)cc1)c1cc2c(=O)n(C)c3ccccc3c2oc1=O. The molecule has 0 spiro atoms. The molecule has 7 nitrogen and oxygen atoms in total. The molecule has 0 amide bonds. The first kappa shape index (κ1) is 18.4. The summed E-state index contributed by atoms with van der Waals surface area (Å²) in [6.07, 6.45) is 0. The number of aryl methyl sites for hydroxylation is 1. The molecule has 144 valence electrons.